The largest absolute Gasteiger partial charge is 0.505 e. The lowest BCUT2D eigenvalue weighted by Gasteiger charge is -2.29. The molecule has 0 aromatic heterocycles. The van der Waals surface area contributed by atoms with Gasteiger partial charge in [-0.1, -0.05) is 30.3 Å². The summed E-state index contributed by atoms with van der Waals surface area (Å²) >= 11 is 0. The topological polar surface area (TPSA) is 65.0 Å². The first-order valence-corrected chi connectivity index (χ1v) is 5.58. The van der Waals surface area contributed by atoms with E-state index < -0.39 is 18.0 Å². The Morgan fingerprint density at radius 2 is 1.94 bits per heavy atom. The molecule has 0 saturated carbocycles. The van der Waals surface area contributed by atoms with Crippen LogP contribution in [0.2, 0.25) is 0 Å². The molecule has 1 rings (SSSR count). The van der Waals surface area contributed by atoms with Gasteiger partial charge in [0.2, 0.25) is 0 Å². The number of rotatable bonds is 6. The van der Waals surface area contributed by atoms with E-state index in [0.29, 0.717) is 0 Å². The fourth-order valence-corrected chi connectivity index (χ4v) is 1.40. The van der Waals surface area contributed by atoms with Crippen molar-refractivity contribution in [2.24, 2.45) is 0 Å². The lowest BCUT2D eigenvalue weighted by atomic mass is 10.1. The molecule has 5 nitrogen and oxygen atoms in total. The van der Waals surface area contributed by atoms with E-state index in [9.17, 15) is 4.79 Å². The predicted molar refractivity (Wildman–Crippen MR) is 65.3 cm³/mol. The SMILES string of the molecule is COC(C)(C)OC(COC(=O)O)c1ccccc1. The standard InChI is InChI=1S/C13H18O5/c1-13(2,16-3)18-11(9-17-12(14)15)10-7-5-4-6-8-10/h4-8,11H,9H2,1-3H3,(H,14,15). The molecular formula is C13H18O5. The molecule has 0 saturated heterocycles. The van der Waals surface area contributed by atoms with Crippen LogP contribution in [-0.2, 0) is 14.2 Å². The van der Waals surface area contributed by atoms with Crippen molar-refractivity contribution in [3.63, 3.8) is 0 Å². The number of hydrogen-bond acceptors (Lipinski definition) is 4. The van der Waals surface area contributed by atoms with Crippen LogP contribution in [-0.4, -0.2) is 30.8 Å². The summed E-state index contributed by atoms with van der Waals surface area (Å²) in [5.74, 6) is -0.817. The Bertz CT molecular complexity index is 374. The number of ether oxygens (including phenoxy) is 3. The second-order valence-corrected chi connectivity index (χ2v) is 4.20. The fourth-order valence-electron chi connectivity index (χ4n) is 1.40. The van der Waals surface area contributed by atoms with Crippen molar-refractivity contribution in [2.45, 2.75) is 25.7 Å². The zero-order valence-electron chi connectivity index (χ0n) is 10.8. The first-order chi connectivity index (χ1) is 8.44. The average molecular weight is 254 g/mol. The molecule has 1 aromatic rings. The molecule has 0 bridgehead atoms. The van der Waals surface area contributed by atoms with Crippen molar-refractivity contribution in [2.75, 3.05) is 13.7 Å². The van der Waals surface area contributed by atoms with Crippen LogP contribution in [0.1, 0.15) is 25.5 Å². The highest BCUT2D eigenvalue weighted by atomic mass is 16.7. The van der Waals surface area contributed by atoms with E-state index >= 15 is 0 Å². The molecule has 1 atom stereocenters. The summed E-state index contributed by atoms with van der Waals surface area (Å²) in [6.07, 6.45) is -1.83. The molecule has 1 N–H and O–H groups in total. The number of carbonyl (C=O) groups is 1. The van der Waals surface area contributed by atoms with E-state index in [0.717, 1.165) is 5.56 Å². The number of benzene rings is 1. The summed E-state index contributed by atoms with van der Waals surface area (Å²) in [6, 6.07) is 9.28. The van der Waals surface area contributed by atoms with Gasteiger partial charge < -0.3 is 19.3 Å². The lowest BCUT2D eigenvalue weighted by molar-refractivity contribution is -0.232. The Labute approximate surface area is 106 Å². The summed E-state index contributed by atoms with van der Waals surface area (Å²) in [7, 11) is 1.53. The van der Waals surface area contributed by atoms with Crippen molar-refractivity contribution >= 4 is 6.16 Å². The summed E-state index contributed by atoms with van der Waals surface area (Å²) in [6.45, 7) is 3.43. The molecule has 5 heteroatoms. The summed E-state index contributed by atoms with van der Waals surface area (Å²) in [4.78, 5) is 10.5. The maximum Gasteiger partial charge on any atom is 0.505 e. The van der Waals surface area contributed by atoms with Crippen LogP contribution in [0.4, 0.5) is 4.79 Å². The van der Waals surface area contributed by atoms with E-state index in [2.05, 4.69) is 4.74 Å². The van der Waals surface area contributed by atoms with Crippen LogP contribution in [0.15, 0.2) is 30.3 Å². The van der Waals surface area contributed by atoms with E-state index in [1.165, 1.54) is 7.11 Å². The molecule has 0 radical (unpaired) electrons. The highest BCUT2D eigenvalue weighted by molar-refractivity contribution is 5.56. The van der Waals surface area contributed by atoms with Gasteiger partial charge in [0, 0.05) is 7.11 Å². The van der Waals surface area contributed by atoms with Gasteiger partial charge >= 0.3 is 6.16 Å². The molecule has 1 unspecified atom stereocenters. The Balaban J connectivity index is 2.78. The molecule has 0 fully saturated rings. The molecule has 0 amide bonds. The fraction of sp³-hybridized carbons (Fsp3) is 0.462. The molecule has 1 aromatic carbocycles. The minimum Gasteiger partial charge on any atom is -0.450 e. The second kappa shape index (κ2) is 6.37. The van der Waals surface area contributed by atoms with E-state index in [-0.39, 0.29) is 6.61 Å². The van der Waals surface area contributed by atoms with Gasteiger partial charge in [-0.05, 0) is 19.4 Å². The molecular weight excluding hydrogens is 236 g/mol. The van der Waals surface area contributed by atoms with E-state index in [1.54, 1.807) is 13.8 Å². The Hall–Kier alpha value is -1.59. The molecule has 0 aliphatic carbocycles. The number of carboxylic acid groups (broad SMARTS) is 1. The third-order valence-corrected chi connectivity index (χ3v) is 2.45. The van der Waals surface area contributed by atoms with Gasteiger partial charge in [0.1, 0.15) is 12.7 Å². The maximum absolute atomic E-state index is 10.5. The van der Waals surface area contributed by atoms with Crippen LogP contribution in [0.3, 0.4) is 0 Å². The summed E-state index contributed by atoms with van der Waals surface area (Å²) < 4.78 is 15.5. The van der Waals surface area contributed by atoms with Crippen LogP contribution >= 0.6 is 0 Å². The summed E-state index contributed by atoms with van der Waals surface area (Å²) in [5.41, 5.74) is 0.837. The zero-order valence-corrected chi connectivity index (χ0v) is 10.8. The average Bonchev–Trinajstić information content (AvgIpc) is 2.35. The smallest absolute Gasteiger partial charge is 0.450 e. The van der Waals surface area contributed by atoms with Crippen LogP contribution in [0.25, 0.3) is 0 Å². The van der Waals surface area contributed by atoms with Gasteiger partial charge in [-0.3, -0.25) is 0 Å². The van der Waals surface area contributed by atoms with E-state index in [4.69, 9.17) is 14.6 Å². The van der Waals surface area contributed by atoms with Crippen molar-refractivity contribution in [3.05, 3.63) is 35.9 Å². The van der Waals surface area contributed by atoms with Crippen LogP contribution < -0.4 is 0 Å². The number of hydrogen-bond donors (Lipinski definition) is 1. The molecule has 0 heterocycles. The van der Waals surface area contributed by atoms with Crippen molar-refractivity contribution in [3.8, 4) is 0 Å². The number of methoxy groups -OCH3 is 1. The normalized spacial score (nSPS) is 13.1. The molecule has 100 valence electrons. The van der Waals surface area contributed by atoms with Crippen molar-refractivity contribution in [1.82, 2.24) is 0 Å². The van der Waals surface area contributed by atoms with Crippen LogP contribution in [0, 0.1) is 0 Å². The van der Waals surface area contributed by atoms with Gasteiger partial charge in [0.25, 0.3) is 0 Å². The minimum atomic E-state index is -1.32. The molecule has 0 aliphatic heterocycles. The molecule has 0 aliphatic rings. The Morgan fingerprint density at radius 3 is 2.44 bits per heavy atom. The maximum atomic E-state index is 10.5. The first-order valence-electron chi connectivity index (χ1n) is 5.58. The predicted octanol–water partition coefficient (Wildman–Crippen LogP) is 2.82. The molecule has 18 heavy (non-hydrogen) atoms. The Kier molecular flexibility index (Phi) is 5.12. The van der Waals surface area contributed by atoms with Gasteiger partial charge in [-0.2, -0.15) is 0 Å². The highest BCUT2D eigenvalue weighted by Crippen LogP contribution is 2.24. The third kappa shape index (κ3) is 4.73. The zero-order chi connectivity index (χ0) is 13.6. The quantitative estimate of drug-likeness (QED) is 0.624. The lowest BCUT2D eigenvalue weighted by Crippen LogP contribution is -2.31. The van der Waals surface area contributed by atoms with Crippen LogP contribution in [0.5, 0.6) is 0 Å². The first kappa shape index (κ1) is 14.5. The monoisotopic (exact) mass is 254 g/mol. The van der Waals surface area contributed by atoms with Gasteiger partial charge in [-0.25, -0.2) is 4.79 Å². The van der Waals surface area contributed by atoms with Gasteiger partial charge in [-0.15, -0.1) is 0 Å². The molecule has 0 spiro atoms. The Morgan fingerprint density at radius 1 is 1.33 bits per heavy atom. The van der Waals surface area contributed by atoms with Gasteiger partial charge in [0.05, 0.1) is 0 Å². The van der Waals surface area contributed by atoms with Gasteiger partial charge in [0.15, 0.2) is 5.79 Å². The minimum absolute atomic E-state index is 0.0772. The summed E-state index contributed by atoms with van der Waals surface area (Å²) in [5, 5.41) is 8.56. The second-order valence-electron chi connectivity index (χ2n) is 4.20. The van der Waals surface area contributed by atoms with E-state index in [1.807, 2.05) is 30.3 Å². The highest BCUT2D eigenvalue weighted by Gasteiger charge is 2.25. The van der Waals surface area contributed by atoms with Crippen molar-refractivity contribution in [1.29, 1.82) is 0 Å². The third-order valence-electron chi connectivity index (χ3n) is 2.45. The van der Waals surface area contributed by atoms with Crippen molar-refractivity contribution < 1.29 is 24.1 Å².